The summed E-state index contributed by atoms with van der Waals surface area (Å²) in [6.45, 7) is 2.56. The van der Waals surface area contributed by atoms with E-state index in [1.807, 2.05) is 4.90 Å². The third-order valence-electron chi connectivity index (χ3n) is 4.42. The van der Waals surface area contributed by atoms with E-state index in [-0.39, 0.29) is 35.4 Å². The minimum Gasteiger partial charge on any atom is -0.364 e. The molecule has 0 radical (unpaired) electrons. The quantitative estimate of drug-likeness (QED) is 0.165. The highest BCUT2D eigenvalue weighted by Gasteiger charge is 2.28. The summed E-state index contributed by atoms with van der Waals surface area (Å²) in [6.07, 6.45) is 3.91. The number of hydrogen-bond donors (Lipinski definition) is 1. The Balaban J connectivity index is 0.00000320. The monoisotopic (exact) mass is 554 g/mol. The number of sulfonamides is 1. The van der Waals surface area contributed by atoms with Gasteiger partial charge in [-0.2, -0.15) is 9.40 Å². The van der Waals surface area contributed by atoms with Crippen LogP contribution in [0.15, 0.2) is 34.2 Å². The summed E-state index contributed by atoms with van der Waals surface area (Å²) >= 11 is 0. The molecule has 1 aliphatic rings. The van der Waals surface area contributed by atoms with Gasteiger partial charge in [-0.1, -0.05) is 5.16 Å². The summed E-state index contributed by atoms with van der Waals surface area (Å²) in [5, 5.41) is 21.5. The summed E-state index contributed by atoms with van der Waals surface area (Å²) in [4.78, 5) is 16.4. The van der Waals surface area contributed by atoms with Gasteiger partial charge in [-0.3, -0.25) is 19.8 Å². The van der Waals surface area contributed by atoms with Crippen molar-refractivity contribution >= 4 is 45.6 Å². The van der Waals surface area contributed by atoms with Gasteiger partial charge in [-0.25, -0.2) is 8.42 Å². The lowest BCUT2D eigenvalue weighted by molar-refractivity contribution is -0.385. The first-order valence-corrected chi connectivity index (χ1v) is 10.5. The van der Waals surface area contributed by atoms with E-state index in [2.05, 4.69) is 25.1 Å². The van der Waals surface area contributed by atoms with Crippen molar-refractivity contribution in [3.63, 3.8) is 0 Å². The zero-order valence-corrected chi connectivity index (χ0v) is 19.4. The second kappa shape index (κ2) is 10.7. The van der Waals surface area contributed by atoms with Crippen LogP contribution < -0.4 is 5.32 Å². The third-order valence-corrected chi connectivity index (χ3v) is 6.23. The SMILES string of the molecule is CN=C(NCCn1cc([N+](=O)[O-])cn1)N1CCN(S(=O)(=O)Cc2ccon2)CC1.I. The molecule has 0 atom stereocenters. The normalized spacial score (nSPS) is 15.6. The van der Waals surface area contributed by atoms with E-state index < -0.39 is 14.9 Å². The number of nitro groups is 1. The van der Waals surface area contributed by atoms with Crippen molar-refractivity contribution in [2.24, 2.45) is 4.99 Å². The first-order chi connectivity index (χ1) is 13.9. The van der Waals surface area contributed by atoms with Crippen molar-refractivity contribution in [3.8, 4) is 0 Å². The molecule has 0 aliphatic carbocycles. The van der Waals surface area contributed by atoms with Crippen LogP contribution in [0.25, 0.3) is 0 Å². The average molecular weight is 554 g/mol. The van der Waals surface area contributed by atoms with Gasteiger partial charge in [0.2, 0.25) is 10.0 Å². The lowest BCUT2D eigenvalue weighted by Crippen LogP contribution is -2.54. The highest BCUT2D eigenvalue weighted by molar-refractivity contribution is 14.0. The van der Waals surface area contributed by atoms with E-state index in [0.29, 0.717) is 50.9 Å². The molecule has 13 nitrogen and oxygen atoms in total. The molecule has 30 heavy (non-hydrogen) atoms. The van der Waals surface area contributed by atoms with Crippen LogP contribution in [0.2, 0.25) is 0 Å². The molecule has 1 fully saturated rings. The van der Waals surface area contributed by atoms with Crippen LogP contribution in [-0.4, -0.2) is 83.2 Å². The van der Waals surface area contributed by atoms with E-state index in [1.54, 1.807) is 7.05 Å². The second-order valence-electron chi connectivity index (χ2n) is 6.33. The van der Waals surface area contributed by atoms with E-state index in [0.717, 1.165) is 0 Å². The Morgan fingerprint density at radius 1 is 1.37 bits per heavy atom. The van der Waals surface area contributed by atoms with Gasteiger partial charge in [0.15, 0.2) is 5.96 Å². The lowest BCUT2D eigenvalue weighted by Gasteiger charge is -2.35. The molecule has 2 aromatic heterocycles. The molecule has 0 unspecified atom stereocenters. The molecular formula is C15H23IN8O5S. The molecule has 3 rings (SSSR count). The Hall–Kier alpha value is -2.27. The van der Waals surface area contributed by atoms with E-state index >= 15 is 0 Å². The number of halogens is 1. The van der Waals surface area contributed by atoms with E-state index in [4.69, 9.17) is 0 Å². The molecule has 0 bridgehead atoms. The van der Waals surface area contributed by atoms with Gasteiger partial charge < -0.3 is 14.7 Å². The van der Waals surface area contributed by atoms with Gasteiger partial charge in [-0.15, -0.1) is 24.0 Å². The molecule has 0 amide bonds. The first-order valence-electron chi connectivity index (χ1n) is 8.88. The number of nitrogens with one attached hydrogen (secondary N) is 1. The Morgan fingerprint density at radius 2 is 2.10 bits per heavy atom. The zero-order valence-electron chi connectivity index (χ0n) is 16.2. The molecule has 2 aromatic rings. The maximum atomic E-state index is 12.5. The van der Waals surface area contributed by atoms with Crippen LogP contribution in [0.5, 0.6) is 0 Å². The second-order valence-corrected chi connectivity index (χ2v) is 8.29. The summed E-state index contributed by atoms with van der Waals surface area (Å²) < 4.78 is 32.6. The minimum atomic E-state index is -3.46. The average Bonchev–Trinajstić information content (AvgIpc) is 3.37. The van der Waals surface area contributed by atoms with Crippen LogP contribution in [0, 0.1) is 10.1 Å². The Bertz CT molecular complexity index is 954. The number of guanidine groups is 1. The number of nitrogens with zero attached hydrogens (tertiary/aromatic N) is 7. The zero-order chi connectivity index (χ0) is 20.9. The highest BCUT2D eigenvalue weighted by atomic mass is 127. The number of aliphatic imine (C=N–C) groups is 1. The predicted octanol–water partition coefficient (Wildman–Crippen LogP) is 0.120. The summed E-state index contributed by atoms with van der Waals surface area (Å²) in [6, 6.07) is 1.54. The van der Waals surface area contributed by atoms with Crippen LogP contribution >= 0.6 is 24.0 Å². The lowest BCUT2D eigenvalue weighted by atomic mass is 10.4. The molecule has 166 valence electrons. The first kappa shape index (κ1) is 24.0. The van der Waals surface area contributed by atoms with Crippen molar-refractivity contribution in [1.82, 2.24) is 29.5 Å². The van der Waals surface area contributed by atoms with Crippen molar-refractivity contribution < 1.29 is 17.9 Å². The van der Waals surface area contributed by atoms with Crippen molar-refractivity contribution in [3.05, 3.63) is 40.5 Å². The van der Waals surface area contributed by atoms with Gasteiger partial charge in [0, 0.05) is 45.8 Å². The van der Waals surface area contributed by atoms with Crippen LogP contribution in [0.1, 0.15) is 5.69 Å². The fourth-order valence-corrected chi connectivity index (χ4v) is 4.38. The Labute approximate surface area is 190 Å². The summed E-state index contributed by atoms with van der Waals surface area (Å²) in [7, 11) is -1.81. The smallest absolute Gasteiger partial charge is 0.306 e. The van der Waals surface area contributed by atoms with Crippen molar-refractivity contribution in [1.29, 1.82) is 0 Å². The molecule has 15 heteroatoms. The molecule has 3 heterocycles. The minimum absolute atomic E-state index is 0. The third kappa shape index (κ3) is 6.11. The molecule has 1 aliphatic heterocycles. The fraction of sp³-hybridized carbons (Fsp3) is 0.533. The molecule has 0 spiro atoms. The van der Waals surface area contributed by atoms with E-state index in [1.165, 1.54) is 33.7 Å². The summed E-state index contributed by atoms with van der Waals surface area (Å²) in [5.41, 5.74) is 0.320. The van der Waals surface area contributed by atoms with E-state index in [9.17, 15) is 18.5 Å². The Kier molecular flexibility index (Phi) is 8.54. The van der Waals surface area contributed by atoms with Crippen LogP contribution in [0.4, 0.5) is 5.69 Å². The van der Waals surface area contributed by atoms with Gasteiger partial charge in [0.05, 0.1) is 17.2 Å². The van der Waals surface area contributed by atoms with Gasteiger partial charge in [0.25, 0.3) is 0 Å². The van der Waals surface area contributed by atoms with Crippen LogP contribution in [-0.2, 0) is 22.3 Å². The number of aromatic nitrogens is 3. The van der Waals surface area contributed by atoms with Gasteiger partial charge >= 0.3 is 5.69 Å². The highest BCUT2D eigenvalue weighted by Crippen LogP contribution is 2.13. The summed E-state index contributed by atoms with van der Waals surface area (Å²) in [5.74, 6) is 0.451. The number of rotatable bonds is 7. The topological polar surface area (TPSA) is 152 Å². The molecule has 0 aromatic carbocycles. The maximum absolute atomic E-state index is 12.5. The van der Waals surface area contributed by atoms with Crippen LogP contribution in [0.3, 0.4) is 0 Å². The largest absolute Gasteiger partial charge is 0.364 e. The van der Waals surface area contributed by atoms with Crippen molar-refractivity contribution in [2.45, 2.75) is 12.3 Å². The molecular weight excluding hydrogens is 531 g/mol. The fourth-order valence-electron chi connectivity index (χ4n) is 2.95. The maximum Gasteiger partial charge on any atom is 0.306 e. The number of hydrogen-bond acceptors (Lipinski definition) is 8. The standard InChI is InChI=1S/C15H22N8O5S.HI/c1-16-15(17-3-4-21-11-14(10-18-21)23(24)25)20-5-7-22(8-6-20)29(26,27)12-13-2-9-28-19-13;/h2,9-11H,3-8,12H2,1H3,(H,16,17);1H. The Morgan fingerprint density at radius 3 is 2.67 bits per heavy atom. The molecule has 1 N–H and O–H groups in total. The number of piperazine rings is 1. The molecule has 1 saturated heterocycles. The van der Waals surface area contributed by atoms with Crippen molar-refractivity contribution in [2.75, 3.05) is 39.8 Å². The predicted molar refractivity (Wildman–Crippen MR) is 118 cm³/mol. The van der Waals surface area contributed by atoms with Gasteiger partial charge in [-0.05, 0) is 0 Å². The van der Waals surface area contributed by atoms with Gasteiger partial charge in [0.1, 0.15) is 24.4 Å². The molecule has 0 saturated carbocycles.